The number of alkyl halides is 3. The third-order valence-electron chi connectivity index (χ3n) is 2.29. The van der Waals surface area contributed by atoms with Crippen LogP contribution in [0, 0.1) is 0 Å². The van der Waals surface area contributed by atoms with Crippen molar-refractivity contribution in [2.24, 2.45) is 0 Å². The van der Waals surface area contributed by atoms with E-state index in [0.29, 0.717) is 0 Å². The summed E-state index contributed by atoms with van der Waals surface area (Å²) >= 11 is 0. The Hall–Kier alpha value is -1.60. The smallest absolute Gasteiger partial charge is 0.336 e. The molecule has 1 aliphatic rings. The number of hydrogen-bond acceptors (Lipinski definition) is 3. The molecule has 0 unspecified atom stereocenters. The Morgan fingerprint density at radius 2 is 2.20 bits per heavy atom. The van der Waals surface area contributed by atoms with E-state index in [-0.39, 0.29) is 18.5 Å². The molecule has 0 bridgehead atoms. The van der Waals surface area contributed by atoms with Gasteiger partial charge in [-0.2, -0.15) is 28.6 Å². The number of hydrogen-bond donors (Lipinski definition) is 2. The second-order valence-corrected chi connectivity index (χ2v) is 3.39. The standard InChI is InChI=1S/C7H7F3N4O/c8-7(9,10)6(1-2-6)12-5(15)4-3-11-14-13-4/h3H,1-2H2,(H,12,15)(H,11,13,14). The zero-order chi connectivity index (χ0) is 11.1. The Bertz CT molecular complexity index is 368. The number of halogens is 3. The fourth-order valence-electron chi connectivity index (χ4n) is 1.20. The molecule has 1 aromatic heterocycles. The van der Waals surface area contributed by atoms with Crippen LogP contribution in [0.1, 0.15) is 23.3 Å². The fourth-order valence-corrected chi connectivity index (χ4v) is 1.20. The largest absolute Gasteiger partial charge is 0.411 e. The fraction of sp³-hybridized carbons (Fsp3) is 0.571. The van der Waals surface area contributed by atoms with E-state index in [1.807, 2.05) is 5.32 Å². The number of rotatable bonds is 2. The van der Waals surface area contributed by atoms with Crippen molar-refractivity contribution in [1.29, 1.82) is 0 Å². The number of amides is 1. The number of nitrogens with zero attached hydrogens (tertiary/aromatic N) is 2. The van der Waals surface area contributed by atoms with Gasteiger partial charge in [-0.25, -0.2) is 0 Å². The topological polar surface area (TPSA) is 70.7 Å². The van der Waals surface area contributed by atoms with Gasteiger partial charge in [0.1, 0.15) is 5.54 Å². The van der Waals surface area contributed by atoms with Crippen LogP contribution in [0.2, 0.25) is 0 Å². The van der Waals surface area contributed by atoms with Gasteiger partial charge in [-0.1, -0.05) is 0 Å². The SMILES string of the molecule is O=C(NC1(C(F)(F)F)CC1)c1cn[nH]n1. The minimum absolute atomic E-state index is 0.0832. The average molecular weight is 220 g/mol. The highest BCUT2D eigenvalue weighted by Crippen LogP contribution is 2.48. The Morgan fingerprint density at radius 1 is 1.53 bits per heavy atom. The van der Waals surface area contributed by atoms with Gasteiger partial charge >= 0.3 is 6.18 Å². The molecule has 0 aromatic carbocycles. The number of aromatic amines is 1. The zero-order valence-electron chi connectivity index (χ0n) is 7.43. The van der Waals surface area contributed by atoms with Gasteiger partial charge in [0.05, 0.1) is 6.20 Å². The highest BCUT2D eigenvalue weighted by atomic mass is 19.4. The summed E-state index contributed by atoms with van der Waals surface area (Å²) in [5, 5.41) is 10.8. The summed E-state index contributed by atoms with van der Waals surface area (Å²) in [5.41, 5.74) is -2.20. The van der Waals surface area contributed by atoms with Crippen LogP contribution in [-0.2, 0) is 0 Å². The van der Waals surface area contributed by atoms with Crippen LogP contribution >= 0.6 is 0 Å². The Balaban J connectivity index is 2.08. The molecule has 15 heavy (non-hydrogen) atoms. The molecule has 1 saturated carbocycles. The maximum atomic E-state index is 12.4. The summed E-state index contributed by atoms with van der Waals surface area (Å²) in [7, 11) is 0. The molecule has 2 N–H and O–H groups in total. The third-order valence-corrected chi connectivity index (χ3v) is 2.29. The van der Waals surface area contributed by atoms with E-state index < -0.39 is 17.6 Å². The van der Waals surface area contributed by atoms with Crippen molar-refractivity contribution < 1.29 is 18.0 Å². The molecular weight excluding hydrogens is 213 g/mol. The number of carbonyl (C=O) groups is 1. The molecule has 5 nitrogen and oxygen atoms in total. The van der Waals surface area contributed by atoms with Gasteiger partial charge in [-0.3, -0.25) is 4.79 Å². The van der Waals surface area contributed by atoms with Crippen molar-refractivity contribution in [2.45, 2.75) is 24.6 Å². The molecule has 2 rings (SSSR count). The first-order valence-electron chi connectivity index (χ1n) is 4.20. The molecule has 82 valence electrons. The summed E-state index contributed by atoms with van der Waals surface area (Å²) in [6, 6.07) is 0. The van der Waals surface area contributed by atoms with Crippen molar-refractivity contribution in [1.82, 2.24) is 20.7 Å². The van der Waals surface area contributed by atoms with Crippen molar-refractivity contribution in [3.05, 3.63) is 11.9 Å². The third kappa shape index (κ3) is 1.66. The van der Waals surface area contributed by atoms with Crippen LogP contribution in [0.15, 0.2) is 6.20 Å². The van der Waals surface area contributed by atoms with Crippen LogP contribution in [0.3, 0.4) is 0 Å². The predicted molar refractivity (Wildman–Crippen MR) is 41.9 cm³/mol. The van der Waals surface area contributed by atoms with Crippen LogP contribution in [0.4, 0.5) is 13.2 Å². The van der Waals surface area contributed by atoms with E-state index in [1.54, 1.807) is 0 Å². The van der Waals surface area contributed by atoms with Crippen molar-refractivity contribution in [2.75, 3.05) is 0 Å². The van der Waals surface area contributed by atoms with Crippen molar-refractivity contribution >= 4 is 5.91 Å². The van der Waals surface area contributed by atoms with Gasteiger partial charge < -0.3 is 5.32 Å². The first-order valence-corrected chi connectivity index (χ1v) is 4.20. The van der Waals surface area contributed by atoms with E-state index >= 15 is 0 Å². The lowest BCUT2D eigenvalue weighted by atomic mass is 10.2. The lowest BCUT2D eigenvalue weighted by Gasteiger charge is -2.19. The Labute approximate surface area is 82.0 Å². The minimum atomic E-state index is -4.41. The molecule has 1 fully saturated rings. The summed E-state index contributed by atoms with van der Waals surface area (Å²) in [6.07, 6.45) is -3.51. The molecule has 1 heterocycles. The summed E-state index contributed by atoms with van der Waals surface area (Å²) in [6.45, 7) is 0. The average Bonchev–Trinajstić information content (AvgIpc) is 2.74. The van der Waals surface area contributed by atoms with E-state index in [9.17, 15) is 18.0 Å². The second-order valence-electron chi connectivity index (χ2n) is 3.39. The Morgan fingerprint density at radius 3 is 2.60 bits per heavy atom. The van der Waals surface area contributed by atoms with Crippen molar-refractivity contribution in [3.8, 4) is 0 Å². The van der Waals surface area contributed by atoms with E-state index in [1.165, 1.54) is 0 Å². The molecule has 1 amide bonds. The molecule has 0 atom stereocenters. The molecule has 1 aliphatic carbocycles. The summed E-state index contributed by atoms with van der Waals surface area (Å²) < 4.78 is 37.3. The highest BCUT2D eigenvalue weighted by molar-refractivity contribution is 5.92. The molecule has 0 spiro atoms. The van der Waals surface area contributed by atoms with Gasteiger partial charge in [-0.05, 0) is 12.8 Å². The minimum Gasteiger partial charge on any atom is -0.336 e. The van der Waals surface area contributed by atoms with E-state index in [4.69, 9.17) is 0 Å². The summed E-state index contributed by atoms with van der Waals surface area (Å²) in [5.74, 6) is -0.862. The van der Waals surface area contributed by atoms with Gasteiger partial charge in [0, 0.05) is 0 Å². The number of H-pyrrole nitrogens is 1. The second kappa shape index (κ2) is 2.94. The normalized spacial score (nSPS) is 18.6. The molecule has 0 radical (unpaired) electrons. The lowest BCUT2D eigenvalue weighted by Crippen LogP contribution is -2.47. The van der Waals surface area contributed by atoms with Gasteiger partial charge in [0.15, 0.2) is 5.69 Å². The molecule has 8 heteroatoms. The van der Waals surface area contributed by atoms with E-state index in [0.717, 1.165) is 6.20 Å². The first kappa shape index (κ1) is 9.94. The maximum Gasteiger partial charge on any atom is 0.411 e. The van der Waals surface area contributed by atoms with Crippen LogP contribution < -0.4 is 5.32 Å². The first-order chi connectivity index (χ1) is 6.95. The Kier molecular flexibility index (Phi) is 1.95. The van der Waals surface area contributed by atoms with Crippen LogP contribution in [-0.4, -0.2) is 33.0 Å². The summed E-state index contributed by atoms with van der Waals surface area (Å²) in [4.78, 5) is 11.3. The maximum absolute atomic E-state index is 12.4. The monoisotopic (exact) mass is 220 g/mol. The van der Waals surface area contributed by atoms with Crippen molar-refractivity contribution in [3.63, 3.8) is 0 Å². The molecule has 0 aliphatic heterocycles. The molecule has 0 saturated heterocycles. The highest BCUT2D eigenvalue weighted by Gasteiger charge is 2.64. The van der Waals surface area contributed by atoms with E-state index in [2.05, 4.69) is 15.4 Å². The number of nitrogens with one attached hydrogen (secondary N) is 2. The quantitative estimate of drug-likeness (QED) is 0.767. The van der Waals surface area contributed by atoms with Gasteiger partial charge in [0.2, 0.25) is 0 Å². The zero-order valence-corrected chi connectivity index (χ0v) is 7.43. The lowest BCUT2D eigenvalue weighted by molar-refractivity contribution is -0.163. The molecule has 1 aromatic rings. The number of aromatic nitrogens is 3. The van der Waals surface area contributed by atoms with Crippen LogP contribution in [0.25, 0.3) is 0 Å². The van der Waals surface area contributed by atoms with Gasteiger partial charge in [-0.15, -0.1) is 0 Å². The number of carbonyl (C=O) groups excluding carboxylic acids is 1. The van der Waals surface area contributed by atoms with Crippen LogP contribution in [0.5, 0.6) is 0 Å². The molecular formula is C7H7F3N4O. The predicted octanol–water partition coefficient (Wildman–Crippen LogP) is 0.629. The van der Waals surface area contributed by atoms with Gasteiger partial charge in [0.25, 0.3) is 5.91 Å².